The molecule has 1 saturated heterocycles. The molecule has 2 heteroatoms. The molecule has 0 amide bonds. The van der Waals surface area contributed by atoms with Crippen molar-refractivity contribution in [3.8, 4) is 0 Å². The molecule has 0 spiro atoms. The first-order chi connectivity index (χ1) is 5.20. The quantitative estimate of drug-likeness (QED) is 0.562. The molecule has 1 aliphatic carbocycles. The van der Waals surface area contributed by atoms with Crippen LogP contribution in [-0.2, 0) is 4.74 Å². The molecule has 2 nitrogen and oxygen atoms in total. The van der Waals surface area contributed by atoms with E-state index in [1.54, 1.807) is 0 Å². The van der Waals surface area contributed by atoms with Crippen molar-refractivity contribution in [2.24, 2.45) is 5.41 Å². The molecule has 1 unspecified atom stereocenters. The monoisotopic (exact) mass is 155 g/mol. The number of nitrogens with zero attached hydrogens (tertiary/aromatic N) is 1. The summed E-state index contributed by atoms with van der Waals surface area (Å²) in [7, 11) is 0. The maximum atomic E-state index is 5.30. The molecule has 1 saturated carbocycles. The fourth-order valence-corrected chi connectivity index (χ4v) is 1.95. The zero-order valence-electron chi connectivity index (χ0n) is 7.47. The summed E-state index contributed by atoms with van der Waals surface area (Å²) in [4.78, 5) is 2.57. The normalized spacial score (nSPS) is 37.1. The van der Waals surface area contributed by atoms with Crippen LogP contribution in [-0.4, -0.2) is 37.2 Å². The van der Waals surface area contributed by atoms with Gasteiger partial charge in [0.1, 0.15) is 0 Å². The van der Waals surface area contributed by atoms with Crippen LogP contribution >= 0.6 is 0 Å². The summed E-state index contributed by atoms with van der Waals surface area (Å²) in [6.07, 6.45) is 1.38. The summed E-state index contributed by atoms with van der Waals surface area (Å²) in [5.74, 6) is 0. The van der Waals surface area contributed by atoms with Crippen molar-refractivity contribution >= 4 is 0 Å². The summed E-state index contributed by atoms with van der Waals surface area (Å²) in [5, 5.41) is 0. The van der Waals surface area contributed by atoms with Crippen molar-refractivity contribution in [2.45, 2.75) is 26.3 Å². The van der Waals surface area contributed by atoms with Crippen LogP contribution in [0.15, 0.2) is 0 Å². The lowest BCUT2D eigenvalue weighted by Crippen LogP contribution is -2.39. The zero-order valence-corrected chi connectivity index (χ0v) is 7.47. The number of hydrogen-bond acceptors (Lipinski definition) is 2. The number of hydrogen-bond donors (Lipinski definition) is 0. The highest BCUT2D eigenvalue weighted by Crippen LogP contribution is 2.48. The Bertz CT molecular complexity index is 150. The molecule has 11 heavy (non-hydrogen) atoms. The van der Waals surface area contributed by atoms with Gasteiger partial charge in [0.25, 0.3) is 0 Å². The molecule has 1 aliphatic heterocycles. The Kier molecular flexibility index (Phi) is 1.69. The van der Waals surface area contributed by atoms with Crippen molar-refractivity contribution in [3.63, 3.8) is 0 Å². The first kappa shape index (κ1) is 7.56. The van der Waals surface area contributed by atoms with Crippen LogP contribution in [0.3, 0.4) is 0 Å². The Morgan fingerprint density at radius 2 is 1.82 bits per heavy atom. The molecule has 0 radical (unpaired) electrons. The SMILES string of the molecule is CC1(C)CC1N1CCOCC1. The Labute approximate surface area is 68.5 Å². The molecule has 0 bridgehead atoms. The zero-order chi connectivity index (χ0) is 7.90. The van der Waals surface area contributed by atoms with Crippen LogP contribution in [0.2, 0.25) is 0 Å². The molecular formula is C9H17NO. The Morgan fingerprint density at radius 3 is 2.27 bits per heavy atom. The maximum Gasteiger partial charge on any atom is 0.0594 e. The second-order valence-corrected chi connectivity index (χ2v) is 4.36. The van der Waals surface area contributed by atoms with Crippen LogP contribution < -0.4 is 0 Å². The lowest BCUT2D eigenvalue weighted by molar-refractivity contribution is 0.0288. The fourth-order valence-electron chi connectivity index (χ4n) is 1.95. The highest BCUT2D eigenvalue weighted by Gasteiger charge is 2.49. The van der Waals surface area contributed by atoms with Crippen molar-refractivity contribution in [3.05, 3.63) is 0 Å². The summed E-state index contributed by atoms with van der Waals surface area (Å²) >= 11 is 0. The van der Waals surface area contributed by atoms with Gasteiger partial charge in [0.2, 0.25) is 0 Å². The largest absolute Gasteiger partial charge is 0.379 e. The highest BCUT2D eigenvalue weighted by molar-refractivity contribution is 5.03. The van der Waals surface area contributed by atoms with Gasteiger partial charge >= 0.3 is 0 Å². The van der Waals surface area contributed by atoms with E-state index in [1.165, 1.54) is 6.42 Å². The van der Waals surface area contributed by atoms with Gasteiger partial charge in [0, 0.05) is 19.1 Å². The average molecular weight is 155 g/mol. The highest BCUT2D eigenvalue weighted by atomic mass is 16.5. The molecular weight excluding hydrogens is 138 g/mol. The molecule has 2 fully saturated rings. The molecule has 2 rings (SSSR count). The van der Waals surface area contributed by atoms with E-state index in [2.05, 4.69) is 18.7 Å². The molecule has 0 aromatic carbocycles. The first-order valence-electron chi connectivity index (χ1n) is 4.52. The first-order valence-corrected chi connectivity index (χ1v) is 4.52. The summed E-state index contributed by atoms with van der Waals surface area (Å²) < 4.78 is 5.30. The third kappa shape index (κ3) is 1.42. The van der Waals surface area contributed by atoms with Crippen LogP contribution in [0, 0.1) is 5.41 Å². The van der Waals surface area contributed by atoms with Gasteiger partial charge in [-0.1, -0.05) is 13.8 Å². The van der Waals surface area contributed by atoms with Gasteiger partial charge in [0.05, 0.1) is 13.2 Å². The van der Waals surface area contributed by atoms with E-state index in [1.807, 2.05) is 0 Å². The second kappa shape index (κ2) is 2.46. The molecule has 1 heterocycles. The lowest BCUT2D eigenvalue weighted by atomic mass is 10.2. The number of ether oxygens (including phenoxy) is 1. The van der Waals surface area contributed by atoms with E-state index < -0.39 is 0 Å². The summed E-state index contributed by atoms with van der Waals surface area (Å²) in [6.45, 7) is 8.88. The molecule has 2 aliphatic rings. The van der Waals surface area contributed by atoms with Crippen molar-refractivity contribution in [1.82, 2.24) is 4.90 Å². The van der Waals surface area contributed by atoms with Gasteiger partial charge in [-0.15, -0.1) is 0 Å². The summed E-state index contributed by atoms with van der Waals surface area (Å²) in [5.41, 5.74) is 0.595. The van der Waals surface area contributed by atoms with Crippen LogP contribution in [0.1, 0.15) is 20.3 Å². The minimum atomic E-state index is 0.595. The van der Waals surface area contributed by atoms with E-state index in [9.17, 15) is 0 Å². The van der Waals surface area contributed by atoms with Crippen LogP contribution in [0.25, 0.3) is 0 Å². The van der Waals surface area contributed by atoms with Crippen molar-refractivity contribution in [2.75, 3.05) is 26.3 Å². The molecule has 0 aromatic rings. The molecule has 64 valence electrons. The van der Waals surface area contributed by atoms with Gasteiger partial charge < -0.3 is 4.74 Å². The molecule has 0 aromatic heterocycles. The van der Waals surface area contributed by atoms with Crippen molar-refractivity contribution < 1.29 is 4.74 Å². The predicted octanol–water partition coefficient (Wildman–Crippen LogP) is 1.12. The smallest absolute Gasteiger partial charge is 0.0594 e. The van der Waals surface area contributed by atoms with Crippen LogP contribution in [0.4, 0.5) is 0 Å². The third-order valence-electron chi connectivity index (χ3n) is 2.95. The Balaban J connectivity index is 1.86. The third-order valence-corrected chi connectivity index (χ3v) is 2.95. The Hall–Kier alpha value is -0.0800. The van der Waals surface area contributed by atoms with Gasteiger partial charge in [-0.3, -0.25) is 4.90 Å². The van der Waals surface area contributed by atoms with E-state index >= 15 is 0 Å². The lowest BCUT2D eigenvalue weighted by Gasteiger charge is -2.27. The van der Waals surface area contributed by atoms with Gasteiger partial charge in [-0.25, -0.2) is 0 Å². The van der Waals surface area contributed by atoms with Gasteiger partial charge in [-0.05, 0) is 11.8 Å². The fraction of sp³-hybridized carbons (Fsp3) is 1.00. The van der Waals surface area contributed by atoms with Crippen LogP contribution in [0.5, 0.6) is 0 Å². The number of morpholine rings is 1. The van der Waals surface area contributed by atoms with E-state index in [-0.39, 0.29) is 0 Å². The summed E-state index contributed by atoms with van der Waals surface area (Å²) in [6, 6.07) is 0.853. The Morgan fingerprint density at radius 1 is 1.27 bits per heavy atom. The van der Waals surface area contributed by atoms with Gasteiger partial charge in [0.15, 0.2) is 0 Å². The van der Waals surface area contributed by atoms with E-state index in [0.29, 0.717) is 5.41 Å². The minimum absolute atomic E-state index is 0.595. The standard InChI is InChI=1S/C9H17NO/c1-9(2)7-8(9)10-3-5-11-6-4-10/h8H,3-7H2,1-2H3. The average Bonchev–Trinajstić information content (AvgIpc) is 2.62. The number of rotatable bonds is 1. The van der Waals surface area contributed by atoms with E-state index in [0.717, 1.165) is 32.3 Å². The van der Waals surface area contributed by atoms with Gasteiger partial charge in [-0.2, -0.15) is 0 Å². The van der Waals surface area contributed by atoms with Crippen molar-refractivity contribution in [1.29, 1.82) is 0 Å². The topological polar surface area (TPSA) is 12.5 Å². The molecule has 0 N–H and O–H groups in total. The maximum absolute atomic E-state index is 5.30. The van der Waals surface area contributed by atoms with E-state index in [4.69, 9.17) is 4.74 Å². The second-order valence-electron chi connectivity index (χ2n) is 4.36. The minimum Gasteiger partial charge on any atom is -0.379 e. The predicted molar refractivity (Wildman–Crippen MR) is 44.6 cm³/mol. The molecule has 1 atom stereocenters.